The molecular weight excluding hydrogens is 190 g/mol. The summed E-state index contributed by atoms with van der Waals surface area (Å²) in [5.41, 5.74) is 1.77. The van der Waals surface area contributed by atoms with E-state index in [1.807, 2.05) is 25.1 Å². The van der Waals surface area contributed by atoms with E-state index in [0.29, 0.717) is 18.4 Å². The molecule has 80 valence electrons. The van der Waals surface area contributed by atoms with Gasteiger partial charge in [0.15, 0.2) is 0 Å². The van der Waals surface area contributed by atoms with Gasteiger partial charge < -0.3 is 10.4 Å². The van der Waals surface area contributed by atoms with Gasteiger partial charge in [0.05, 0.1) is 6.10 Å². The average Bonchev–Trinajstić information content (AvgIpc) is 2.15. The summed E-state index contributed by atoms with van der Waals surface area (Å²) in [5, 5.41) is 12.0. The SMILES string of the molecule is Cc1cccc(C(=O)NC2CC(O)C2)c1. The minimum Gasteiger partial charge on any atom is -0.393 e. The molecule has 1 saturated carbocycles. The first-order valence-electron chi connectivity index (χ1n) is 5.21. The van der Waals surface area contributed by atoms with Crippen LogP contribution in [0.15, 0.2) is 24.3 Å². The van der Waals surface area contributed by atoms with Gasteiger partial charge >= 0.3 is 0 Å². The van der Waals surface area contributed by atoms with Gasteiger partial charge in [0.2, 0.25) is 0 Å². The summed E-state index contributed by atoms with van der Waals surface area (Å²) in [6.07, 6.45) is 1.13. The first kappa shape index (κ1) is 10.2. The third-order valence-electron chi connectivity index (χ3n) is 2.73. The number of nitrogens with one attached hydrogen (secondary N) is 1. The summed E-state index contributed by atoms with van der Waals surface area (Å²) in [6, 6.07) is 7.65. The average molecular weight is 205 g/mol. The summed E-state index contributed by atoms with van der Waals surface area (Å²) < 4.78 is 0. The number of aryl methyl sites for hydroxylation is 1. The monoisotopic (exact) mass is 205 g/mol. The molecule has 3 heteroatoms. The minimum atomic E-state index is -0.229. The van der Waals surface area contributed by atoms with Gasteiger partial charge in [-0.15, -0.1) is 0 Å². The highest BCUT2D eigenvalue weighted by Crippen LogP contribution is 2.19. The molecule has 1 aromatic carbocycles. The molecule has 1 aliphatic carbocycles. The summed E-state index contributed by atoms with van der Waals surface area (Å²) in [5.74, 6) is -0.0457. The largest absolute Gasteiger partial charge is 0.393 e. The third kappa shape index (κ3) is 2.36. The van der Waals surface area contributed by atoms with Crippen molar-refractivity contribution < 1.29 is 9.90 Å². The van der Waals surface area contributed by atoms with Crippen molar-refractivity contribution in [2.45, 2.75) is 31.9 Å². The molecule has 0 spiro atoms. The van der Waals surface area contributed by atoms with E-state index in [-0.39, 0.29) is 18.1 Å². The quantitative estimate of drug-likeness (QED) is 0.763. The maximum atomic E-state index is 11.7. The Morgan fingerprint density at radius 2 is 2.20 bits per heavy atom. The van der Waals surface area contributed by atoms with Gasteiger partial charge in [0.1, 0.15) is 0 Å². The standard InChI is InChI=1S/C12H15NO2/c1-8-3-2-4-9(5-8)12(15)13-10-6-11(14)7-10/h2-5,10-11,14H,6-7H2,1H3,(H,13,15). The fourth-order valence-electron chi connectivity index (χ4n) is 1.76. The highest BCUT2D eigenvalue weighted by Gasteiger charge is 2.28. The van der Waals surface area contributed by atoms with E-state index in [0.717, 1.165) is 5.56 Å². The van der Waals surface area contributed by atoms with E-state index in [1.54, 1.807) is 6.07 Å². The second-order valence-corrected chi connectivity index (χ2v) is 4.17. The fraction of sp³-hybridized carbons (Fsp3) is 0.417. The van der Waals surface area contributed by atoms with Crippen LogP contribution in [-0.2, 0) is 0 Å². The third-order valence-corrected chi connectivity index (χ3v) is 2.73. The number of aliphatic hydroxyl groups is 1. The second kappa shape index (κ2) is 4.03. The Kier molecular flexibility index (Phi) is 2.73. The molecule has 0 atom stereocenters. The number of aliphatic hydroxyl groups excluding tert-OH is 1. The van der Waals surface area contributed by atoms with Crippen molar-refractivity contribution in [1.29, 1.82) is 0 Å². The molecule has 0 radical (unpaired) electrons. The molecule has 0 aromatic heterocycles. The summed E-state index contributed by atoms with van der Waals surface area (Å²) in [6.45, 7) is 1.96. The van der Waals surface area contributed by atoms with Crippen LogP contribution in [0.2, 0.25) is 0 Å². The molecule has 1 fully saturated rings. The van der Waals surface area contributed by atoms with Crippen LogP contribution in [0.4, 0.5) is 0 Å². The van der Waals surface area contributed by atoms with Crippen LogP contribution in [0.5, 0.6) is 0 Å². The second-order valence-electron chi connectivity index (χ2n) is 4.17. The van der Waals surface area contributed by atoms with Crippen molar-refractivity contribution in [3.05, 3.63) is 35.4 Å². The molecule has 15 heavy (non-hydrogen) atoms. The maximum Gasteiger partial charge on any atom is 0.251 e. The van der Waals surface area contributed by atoms with Crippen LogP contribution in [0.25, 0.3) is 0 Å². The molecule has 0 unspecified atom stereocenters. The molecule has 0 bridgehead atoms. The normalized spacial score (nSPS) is 24.4. The van der Waals surface area contributed by atoms with E-state index >= 15 is 0 Å². The van der Waals surface area contributed by atoms with Gasteiger partial charge in [-0.05, 0) is 31.9 Å². The van der Waals surface area contributed by atoms with Crippen molar-refractivity contribution in [3.63, 3.8) is 0 Å². The molecular formula is C12H15NO2. The first-order valence-corrected chi connectivity index (χ1v) is 5.21. The summed E-state index contributed by atoms with van der Waals surface area (Å²) >= 11 is 0. The van der Waals surface area contributed by atoms with Crippen molar-refractivity contribution in [2.24, 2.45) is 0 Å². The van der Waals surface area contributed by atoms with E-state index in [1.165, 1.54) is 0 Å². The molecule has 2 rings (SSSR count). The minimum absolute atomic E-state index is 0.0457. The Bertz CT molecular complexity index is 370. The number of carbonyl (C=O) groups excluding carboxylic acids is 1. The molecule has 2 N–H and O–H groups in total. The van der Waals surface area contributed by atoms with Crippen LogP contribution < -0.4 is 5.32 Å². The molecule has 0 aliphatic heterocycles. The van der Waals surface area contributed by atoms with Gasteiger partial charge in [-0.2, -0.15) is 0 Å². The van der Waals surface area contributed by atoms with Crippen LogP contribution in [-0.4, -0.2) is 23.2 Å². The number of benzene rings is 1. The van der Waals surface area contributed by atoms with E-state index in [9.17, 15) is 4.79 Å². The predicted molar refractivity (Wildman–Crippen MR) is 57.7 cm³/mol. The Hall–Kier alpha value is -1.35. The number of hydrogen-bond donors (Lipinski definition) is 2. The summed E-state index contributed by atoms with van der Waals surface area (Å²) in [7, 11) is 0. The van der Waals surface area contributed by atoms with Crippen molar-refractivity contribution in [3.8, 4) is 0 Å². The van der Waals surface area contributed by atoms with E-state index < -0.39 is 0 Å². The lowest BCUT2D eigenvalue weighted by Gasteiger charge is -2.31. The Morgan fingerprint density at radius 3 is 2.80 bits per heavy atom. The van der Waals surface area contributed by atoms with E-state index in [2.05, 4.69) is 5.32 Å². The van der Waals surface area contributed by atoms with Crippen molar-refractivity contribution in [1.82, 2.24) is 5.32 Å². The maximum absolute atomic E-state index is 11.7. The molecule has 1 aromatic rings. The molecule has 3 nitrogen and oxygen atoms in total. The topological polar surface area (TPSA) is 49.3 Å². The molecule has 0 heterocycles. The van der Waals surface area contributed by atoms with Gasteiger partial charge in [0.25, 0.3) is 5.91 Å². The Balaban J connectivity index is 1.96. The van der Waals surface area contributed by atoms with E-state index in [4.69, 9.17) is 5.11 Å². The highest BCUT2D eigenvalue weighted by atomic mass is 16.3. The lowest BCUT2D eigenvalue weighted by molar-refractivity contribution is 0.0562. The van der Waals surface area contributed by atoms with Crippen LogP contribution in [0.3, 0.4) is 0 Å². The van der Waals surface area contributed by atoms with Gasteiger partial charge in [0, 0.05) is 11.6 Å². The smallest absolute Gasteiger partial charge is 0.251 e. The number of carbonyl (C=O) groups is 1. The van der Waals surface area contributed by atoms with Crippen LogP contribution >= 0.6 is 0 Å². The number of hydrogen-bond acceptors (Lipinski definition) is 2. The zero-order valence-electron chi connectivity index (χ0n) is 8.73. The predicted octanol–water partition coefficient (Wildman–Crippen LogP) is 1.25. The molecule has 1 aliphatic rings. The highest BCUT2D eigenvalue weighted by molar-refractivity contribution is 5.94. The zero-order chi connectivity index (χ0) is 10.8. The lowest BCUT2D eigenvalue weighted by Crippen LogP contribution is -2.46. The first-order chi connectivity index (χ1) is 7.15. The van der Waals surface area contributed by atoms with Gasteiger partial charge in [-0.1, -0.05) is 17.7 Å². The van der Waals surface area contributed by atoms with Crippen LogP contribution in [0, 0.1) is 6.92 Å². The van der Waals surface area contributed by atoms with Gasteiger partial charge in [-0.3, -0.25) is 4.79 Å². The Labute approximate surface area is 89.1 Å². The zero-order valence-corrected chi connectivity index (χ0v) is 8.73. The fourth-order valence-corrected chi connectivity index (χ4v) is 1.76. The lowest BCUT2D eigenvalue weighted by atomic mass is 9.89. The van der Waals surface area contributed by atoms with Crippen molar-refractivity contribution >= 4 is 5.91 Å². The molecule has 1 amide bonds. The van der Waals surface area contributed by atoms with Crippen molar-refractivity contribution in [2.75, 3.05) is 0 Å². The molecule has 0 saturated heterocycles. The number of amides is 1. The number of rotatable bonds is 2. The van der Waals surface area contributed by atoms with Crippen LogP contribution in [0.1, 0.15) is 28.8 Å². The Morgan fingerprint density at radius 1 is 1.47 bits per heavy atom. The van der Waals surface area contributed by atoms with Gasteiger partial charge in [-0.25, -0.2) is 0 Å². The summed E-state index contributed by atoms with van der Waals surface area (Å²) in [4.78, 5) is 11.7.